The number of allylic oxidation sites excluding steroid dienone is 1. The molecule has 0 fully saturated rings. The zero-order chi connectivity index (χ0) is 18.1. The molecule has 0 unspecified atom stereocenters. The molecule has 0 atom stereocenters. The minimum absolute atomic E-state index is 0.219. The molecule has 0 bridgehead atoms. The van der Waals surface area contributed by atoms with Crippen molar-refractivity contribution >= 4 is 57.7 Å². The van der Waals surface area contributed by atoms with Crippen LogP contribution in [-0.4, -0.2) is 15.8 Å². The number of para-hydroxylation sites is 1. The van der Waals surface area contributed by atoms with E-state index in [9.17, 15) is 5.11 Å². The molecule has 3 aromatic rings. The maximum atomic E-state index is 10.3. The second kappa shape index (κ2) is 7.27. The molecule has 4 rings (SSSR count). The van der Waals surface area contributed by atoms with E-state index in [-0.39, 0.29) is 5.06 Å². The van der Waals surface area contributed by atoms with Gasteiger partial charge in [0.05, 0.1) is 5.69 Å². The van der Waals surface area contributed by atoms with Crippen LogP contribution in [0.2, 0.25) is 5.02 Å². The second-order valence-corrected chi connectivity index (χ2v) is 8.43. The molecule has 0 amide bonds. The van der Waals surface area contributed by atoms with E-state index in [4.69, 9.17) is 11.6 Å². The molecule has 3 nitrogen and oxygen atoms in total. The number of benzene rings is 2. The van der Waals surface area contributed by atoms with Gasteiger partial charge in [0.25, 0.3) is 0 Å². The molecular formula is C20H15ClN2OS2. The first-order chi connectivity index (χ1) is 12.6. The van der Waals surface area contributed by atoms with Gasteiger partial charge < -0.3 is 5.11 Å². The van der Waals surface area contributed by atoms with E-state index in [0.29, 0.717) is 11.4 Å². The summed E-state index contributed by atoms with van der Waals surface area (Å²) in [5, 5.41) is 11.3. The average molecular weight is 399 g/mol. The van der Waals surface area contributed by atoms with Crippen LogP contribution in [0.3, 0.4) is 0 Å². The zero-order valence-corrected chi connectivity index (χ0v) is 16.3. The van der Waals surface area contributed by atoms with Crippen LogP contribution in [-0.2, 0) is 5.75 Å². The number of aromatic nitrogens is 1. The topological polar surface area (TPSA) is 45.5 Å². The van der Waals surface area contributed by atoms with Crippen molar-refractivity contribution in [1.29, 1.82) is 0 Å². The molecule has 0 saturated heterocycles. The predicted molar refractivity (Wildman–Crippen MR) is 112 cm³/mol. The SMILES string of the molecule is CC1=Nc2ccccc2/C1=C\c1nc(SCc2ccccc2Cl)sc1O. The molecule has 130 valence electrons. The van der Waals surface area contributed by atoms with Gasteiger partial charge in [0.2, 0.25) is 0 Å². The van der Waals surface area contributed by atoms with Gasteiger partial charge in [-0.1, -0.05) is 71.1 Å². The Morgan fingerprint density at radius 2 is 1.92 bits per heavy atom. The lowest BCUT2D eigenvalue weighted by Gasteiger charge is -2.01. The number of halogens is 1. The summed E-state index contributed by atoms with van der Waals surface area (Å²) < 4.78 is 0.815. The number of rotatable bonds is 4. The highest BCUT2D eigenvalue weighted by Gasteiger charge is 2.19. The lowest BCUT2D eigenvalue weighted by atomic mass is 10.0. The van der Waals surface area contributed by atoms with Crippen LogP contribution in [0.4, 0.5) is 5.69 Å². The Morgan fingerprint density at radius 3 is 2.77 bits per heavy atom. The molecule has 1 aromatic heterocycles. The lowest BCUT2D eigenvalue weighted by Crippen LogP contribution is -1.90. The summed E-state index contributed by atoms with van der Waals surface area (Å²) in [5.74, 6) is 0.714. The van der Waals surface area contributed by atoms with Crippen molar-refractivity contribution in [3.63, 3.8) is 0 Å². The molecule has 26 heavy (non-hydrogen) atoms. The van der Waals surface area contributed by atoms with E-state index in [0.717, 1.165) is 37.5 Å². The van der Waals surface area contributed by atoms with Gasteiger partial charge in [0.15, 0.2) is 9.40 Å². The van der Waals surface area contributed by atoms with Gasteiger partial charge in [-0.3, -0.25) is 4.99 Å². The number of hydrogen-bond acceptors (Lipinski definition) is 5. The largest absolute Gasteiger partial charge is 0.498 e. The normalized spacial score (nSPS) is 14.5. The highest BCUT2D eigenvalue weighted by Crippen LogP contribution is 2.39. The maximum Gasteiger partial charge on any atom is 0.200 e. The van der Waals surface area contributed by atoms with Crippen molar-refractivity contribution < 1.29 is 5.11 Å². The molecular weight excluding hydrogens is 384 g/mol. The van der Waals surface area contributed by atoms with Crippen molar-refractivity contribution in [3.8, 4) is 5.06 Å². The zero-order valence-electron chi connectivity index (χ0n) is 13.9. The van der Waals surface area contributed by atoms with Gasteiger partial charge >= 0.3 is 0 Å². The lowest BCUT2D eigenvalue weighted by molar-refractivity contribution is 0.488. The number of thiazole rings is 1. The molecule has 0 saturated carbocycles. The van der Waals surface area contributed by atoms with Crippen LogP contribution in [0.25, 0.3) is 11.6 Å². The summed E-state index contributed by atoms with van der Waals surface area (Å²) in [5.41, 5.74) is 5.61. The second-order valence-electron chi connectivity index (χ2n) is 5.82. The third-order valence-electron chi connectivity index (χ3n) is 4.08. The van der Waals surface area contributed by atoms with E-state index in [1.807, 2.05) is 61.5 Å². The first-order valence-electron chi connectivity index (χ1n) is 8.04. The summed E-state index contributed by atoms with van der Waals surface area (Å²) in [4.78, 5) is 9.16. The van der Waals surface area contributed by atoms with Crippen LogP contribution < -0.4 is 0 Å². The van der Waals surface area contributed by atoms with Crippen molar-refractivity contribution in [2.75, 3.05) is 0 Å². The molecule has 2 heterocycles. The quantitative estimate of drug-likeness (QED) is 0.514. The minimum Gasteiger partial charge on any atom is -0.498 e. The summed E-state index contributed by atoms with van der Waals surface area (Å²) in [7, 11) is 0. The van der Waals surface area contributed by atoms with Crippen molar-refractivity contribution in [2.45, 2.75) is 17.0 Å². The Bertz CT molecular complexity index is 1040. The Labute approximate surface area is 165 Å². The van der Waals surface area contributed by atoms with Crippen LogP contribution in [0.15, 0.2) is 57.9 Å². The average Bonchev–Trinajstić information content (AvgIpc) is 3.14. The fraction of sp³-hybridized carbons (Fsp3) is 0.100. The number of fused-ring (bicyclic) bond motifs is 1. The smallest absolute Gasteiger partial charge is 0.200 e. The molecule has 1 N–H and O–H groups in total. The number of hydrogen-bond donors (Lipinski definition) is 1. The standard InChI is InChI=1S/C20H15ClN2OS2/c1-12-15(14-7-3-5-9-17(14)22-12)10-18-19(24)26-20(23-18)25-11-13-6-2-4-8-16(13)21/h2-10,24H,11H2,1H3/b15-10-. The van der Waals surface area contributed by atoms with E-state index in [1.165, 1.54) is 11.3 Å². The van der Waals surface area contributed by atoms with Crippen molar-refractivity contribution in [1.82, 2.24) is 4.98 Å². The molecule has 1 aliphatic heterocycles. The summed E-state index contributed by atoms with van der Waals surface area (Å²) in [6.07, 6.45) is 1.91. The van der Waals surface area contributed by atoms with E-state index in [2.05, 4.69) is 9.98 Å². The molecule has 0 radical (unpaired) electrons. The van der Waals surface area contributed by atoms with Gasteiger partial charge in [0, 0.05) is 27.6 Å². The van der Waals surface area contributed by atoms with E-state index in [1.54, 1.807) is 11.8 Å². The Balaban J connectivity index is 1.58. The highest BCUT2D eigenvalue weighted by atomic mass is 35.5. The van der Waals surface area contributed by atoms with Crippen molar-refractivity contribution in [2.24, 2.45) is 4.99 Å². The Kier molecular flexibility index (Phi) is 4.85. The summed E-state index contributed by atoms with van der Waals surface area (Å²) in [6, 6.07) is 15.8. The van der Waals surface area contributed by atoms with Crippen LogP contribution in [0.5, 0.6) is 5.06 Å². The molecule has 1 aliphatic rings. The minimum atomic E-state index is 0.219. The van der Waals surface area contributed by atoms with Gasteiger partial charge in [0.1, 0.15) is 5.69 Å². The van der Waals surface area contributed by atoms with E-state index < -0.39 is 0 Å². The monoisotopic (exact) mass is 398 g/mol. The van der Waals surface area contributed by atoms with Crippen molar-refractivity contribution in [3.05, 3.63) is 70.4 Å². The summed E-state index contributed by atoms with van der Waals surface area (Å²) >= 11 is 9.06. The Hall–Kier alpha value is -2.08. The predicted octanol–water partition coefficient (Wildman–Crippen LogP) is 6.44. The van der Waals surface area contributed by atoms with Gasteiger partial charge in [-0.05, 0) is 30.7 Å². The maximum absolute atomic E-state index is 10.3. The van der Waals surface area contributed by atoms with Crippen LogP contribution in [0, 0.1) is 0 Å². The molecule has 6 heteroatoms. The number of thioether (sulfide) groups is 1. The third kappa shape index (κ3) is 3.43. The van der Waals surface area contributed by atoms with Crippen LogP contribution >= 0.6 is 34.7 Å². The van der Waals surface area contributed by atoms with Gasteiger partial charge in [-0.15, -0.1) is 0 Å². The number of aromatic hydroxyl groups is 1. The van der Waals surface area contributed by atoms with Gasteiger partial charge in [-0.2, -0.15) is 0 Å². The first kappa shape index (κ1) is 17.3. The molecule has 2 aromatic carbocycles. The molecule has 0 spiro atoms. The van der Waals surface area contributed by atoms with E-state index >= 15 is 0 Å². The first-order valence-corrected chi connectivity index (χ1v) is 10.2. The number of aliphatic imine (C=N–C) groups is 1. The fourth-order valence-electron chi connectivity index (χ4n) is 2.77. The van der Waals surface area contributed by atoms with Crippen LogP contribution in [0.1, 0.15) is 23.7 Å². The molecule has 0 aliphatic carbocycles. The fourth-order valence-corrected chi connectivity index (χ4v) is 4.91. The third-order valence-corrected chi connectivity index (χ3v) is 6.51. The Morgan fingerprint density at radius 1 is 1.15 bits per heavy atom. The van der Waals surface area contributed by atoms with Gasteiger partial charge in [-0.25, -0.2) is 4.98 Å². The highest BCUT2D eigenvalue weighted by molar-refractivity contribution is 8.00. The summed E-state index contributed by atoms with van der Waals surface area (Å²) in [6.45, 7) is 1.97. The number of nitrogens with zero attached hydrogens (tertiary/aromatic N) is 2.